The summed E-state index contributed by atoms with van der Waals surface area (Å²) in [6, 6.07) is 0.0693. The fourth-order valence-electron chi connectivity index (χ4n) is 1.39. The van der Waals surface area contributed by atoms with Crippen LogP contribution in [-0.4, -0.2) is 44.0 Å². The third-order valence-corrected chi connectivity index (χ3v) is 3.90. The van der Waals surface area contributed by atoms with Gasteiger partial charge in [0.2, 0.25) is 0 Å². The second kappa shape index (κ2) is 3.46. The molecule has 0 aromatic heterocycles. The molecular formula is C8H13NO2S. The molecule has 0 aromatic carbocycles. The zero-order chi connectivity index (χ0) is 9.19. The highest BCUT2D eigenvalue weighted by Crippen LogP contribution is 2.09. The van der Waals surface area contributed by atoms with Gasteiger partial charge >= 0.3 is 0 Å². The number of nitrogens with zero attached hydrogens (tertiary/aromatic N) is 1. The van der Waals surface area contributed by atoms with Crippen LogP contribution in [0.3, 0.4) is 0 Å². The Morgan fingerprint density at radius 3 is 2.83 bits per heavy atom. The Kier molecular flexibility index (Phi) is 2.76. The average Bonchev–Trinajstić information content (AvgIpc) is 1.94. The molecule has 0 radical (unpaired) electrons. The van der Waals surface area contributed by atoms with Crippen LogP contribution >= 0.6 is 0 Å². The molecule has 3 nitrogen and oxygen atoms in total. The minimum Gasteiger partial charge on any atom is -0.288 e. The van der Waals surface area contributed by atoms with E-state index in [9.17, 15) is 8.42 Å². The lowest BCUT2D eigenvalue weighted by atomic mass is 10.3. The monoisotopic (exact) mass is 187 g/mol. The second-order valence-corrected chi connectivity index (χ2v) is 5.37. The van der Waals surface area contributed by atoms with Crippen LogP contribution in [0.1, 0.15) is 6.92 Å². The lowest BCUT2D eigenvalue weighted by molar-refractivity contribution is 0.255. The minimum absolute atomic E-state index is 0.0693. The van der Waals surface area contributed by atoms with E-state index in [4.69, 9.17) is 6.42 Å². The zero-order valence-electron chi connectivity index (χ0n) is 7.16. The van der Waals surface area contributed by atoms with Gasteiger partial charge < -0.3 is 0 Å². The van der Waals surface area contributed by atoms with E-state index in [1.807, 2.05) is 11.8 Å². The highest BCUT2D eigenvalue weighted by atomic mass is 32.2. The van der Waals surface area contributed by atoms with Gasteiger partial charge in [0.15, 0.2) is 9.84 Å². The van der Waals surface area contributed by atoms with E-state index in [2.05, 4.69) is 5.92 Å². The maximum atomic E-state index is 11.1. The van der Waals surface area contributed by atoms with Gasteiger partial charge in [-0.3, -0.25) is 4.90 Å². The van der Waals surface area contributed by atoms with E-state index in [-0.39, 0.29) is 17.5 Å². The van der Waals surface area contributed by atoms with Crippen LogP contribution in [0.4, 0.5) is 0 Å². The summed E-state index contributed by atoms with van der Waals surface area (Å²) >= 11 is 0. The summed E-state index contributed by atoms with van der Waals surface area (Å²) in [6.45, 7) is 3.03. The van der Waals surface area contributed by atoms with Crippen molar-refractivity contribution in [1.29, 1.82) is 0 Å². The summed E-state index contributed by atoms with van der Waals surface area (Å²) in [5.41, 5.74) is 0. The van der Waals surface area contributed by atoms with Gasteiger partial charge in [0.25, 0.3) is 0 Å². The molecule has 0 bridgehead atoms. The summed E-state index contributed by atoms with van der Waals surface area (Å²) in [6.07, 6.45) is 5.15. The lowest BCUT2D eigenvalue weighted by Gasteiger charge is -2.31. The van der Waals surface area contributed by atoms with E-state index in [0.717, 1.165) is 0 Å². The molecule has 1 aliphatic rings. The molecular weight excluding hydrogens is 174 g/mol. The minimum atomic E-state index is -2.79. The molecule has 0 saturated carbocycles. The lowest BCUT2D eigenvalue weighted by Crippen LogP contribution is -2.46. The van der Waals surface area contributed by atoms with Crippen molar-refractivity contribution in [1.82, 2.24) is 4.90 Å². The maximum Gasteiger partial charge on any atom is 0.153 e. The first-order chi connectivity index (χ1) is 5.55. The number of rotatable bonds is 1. The van der Waals surface area contributed by atoms with Crippen molar-refractivity contribution >= 4 is 9.84 Å². The van der Waals surface area contributed by atoms with Crippen LogP contribution in [-0.2, 0) is 9.84 Å². The molecule has 1 fully saturated rings. The van der Waals surface area contributed by atoms with Crippen LogP contribution in [0.25, 0.3) is 0 Å². The number of sulfone groups is 1. The molecule has 0 spiro atoms. The Balaban J connectivity index is 2.61. The van der Waals surface area contributed by atoms with E-state index in [1.54, 1.807) is 0 Å². The Morgan fingerprint density at radius 1 is 1.67 bits per heavy atom. The molecule has 0 aliphatic carbocycles. The second-order valence-electron chi connectivity index (χ2n) is 3.14. The molecule has 68 valence electrons. The molecule has 0 amide bonds. The van der Waals surface area contributed by atoms with Gasteiger partial charge in [-0.15, -0.1) is 6.42 Å². The smallest absolute Gasteiger partial charge is 0.153 e. The van der Waals surface area contributed by atoms with Crippen molar-refractivity contribution in [2.45, 2.75) is 13.0 Å². The number of terminal acetylenes is 1. The number of hydrogen-bond acceptors (Lipinski definition) is 3. The first-order valence-corrected chi connectivity index (χ1v) is 5.75. The first-order valence-electron chi connectivity index (χ1n) is 3.93. The third-order valence-electron chi connectivity index (χ3n) is 2.10. The fourth-order valence-corrected chi connectivity index (χ4v) is 3.01. The van der Waals surface area contributed by atoms with Gasteiger partial charge in [-0.2, -0.15) is 0 Å². The molecule has 1 aliphatic heterocycles. The Bertz CT molecular complexity index is 289. The molecule has 1 unspecified atom stereocenters. The standard InChI is InChI=1S/C8H13NO2S/c1-3-4-9-5-6-12(10,11)7-8(9)2/h1,8H,4-7H2,2H3. The maximum absolute atomic E-state index is 11.1. The van der Waals surface area contributed by atoms with Crippen LogP contribution in [0.5, 0.6) is 0 Å². The highest BCUT2D eigenvalue weighted by molar-refractivity contribution is 7.91. The summed E-state index contributed by atoms with van der Waals surface area (Å²) < 4.78 is 22.3. The summed E-state index contributed by atoms with van der Waals surface area (Å²) in [5, 5.41) is 0. The van der Waals surface area contributed by atoms with Gasteiger partial charge in [-0.1, -0.05) is 5.92 Å². The van der Waals surface area contributed by atoms with Gasteiger partial charge in [-0.25, -0.2) is 8.42 Å². The topological polar surface area (TPSA) is 37.4 Å². The largest absolute Gasteiger partial charge is 0.288 e. The van der Waals surface area contributed by atoms with Gasteiger partial charge in [0.05, 0.1) is 18.1 Å². The highest BCUT2D eigenvalue weighted by Gasteiger charge is 2.26. The average molecular weight is 187 g/mol. The van der Waals surface area contributed by atoms with Crippen LogP contribution in [0.15, 0.2) is 0 Å². The van der Waals surface area contributed by atoms with E-state index in [0.29, 0.717) is 13.1 Å². The molecule has 0 N–H and O–H groups in total. The molecule has 1 heterocycles. The van der Waals surface area contributed by atoms with E-state index < -0.39 is 9.84 Å². The molecule has 1 atom stereocenters. The van der Waals surface area contributed by atoms with Crippen LogP contribution in [0.2, 0.25) is 0 Å². The number of hydrogen-bond donors (Lipinski definition) is 0. The summed E-state index contributed by atoms with van der Waals surface area (Å²) in [4.78, 5) is 2.01. The van der Waals surface area contributed by atoms with E-state index in [1.165, 1.54) is 0 Å². The predicted molar refractivity (Wildman–Crippen MR) is 48.5 cm³/mol. The van der Waals surface area contributed by atoms with Gasteiger partial charge in [0, 0.05) is 12.6 Å². The Hall–Kier alpha value is -0.530. The van der Waals surface area contributed by atoms with E-state index >= 15 is 0 Å². The van der Waals surface area contributed by atoms with Crippen LogP contribution in [0, 0.1) is 12.3 Å². The van der Waals surface area contributed by atoms with Crippen molar-refractivity contribution in [2.24, 2.45) is 0 Å². The molecule has 1 rings (SSSR count). The van der Waals surface area contributed by atoms with Crippen LogP contribution < -0.4 is 0 Å². The molecule has 12 heavy (non-hydrogen) atoms. The SMILES string of the molecule is C#CCN1CCS(=O)(=O)CC1C. The van der Waals surface area contributed by atoms with Crippen molar-refractivity contribution in [3.63, 3.8) is 0 Å². The Labute approximate surface area is 73.7 Å². The fraction of sp³-hybridized carbons (Fsp3) is 0.750. The van der Waals surface area contributed by atoms with Gasteiger partial charge in [0.1, 0.15) is 0 Å². The first kappa shape index (κ1) is 9.56. The summed E-state index contributed by atoms with van der Waals surface area (Å²) in [7, 11) is -2.79. The normalized spacial score (nSPS) is 29.5. The van der Waals surface area contributed by atoms with Crippen molar-refractivity contribution in [3.05, 3.63) is 0 Å². The molecule has 4 heteroatoms. The van der Waals surface area contributed by atoms with Crippen molar-refractivity contribution in [3.8, 4) is 12.3 Å². The van der Waals surface area contributed by atoms with Crippen molar-refractivity contribution in [2.75, 3.05) is 24.6 Å². The van der Waals surface area contributed by atoms with Crippen molar-refractivity contribution < 1.29 is 8.42 Å². The van der Waals surface area contributed by atoms with Gasteiger partial charge in [-0.05, 0) is 6.92 Å². The predicted octanol–water partition coefficient (Wildman–Crippen LogP) is -0.261. The molecule has 0 aromatic rings. The molecule has 1 saturated heterocycles. The quantitative estimate of drug-likeness (QED) is 0.531. The Morgan fingerprint density at radius 2 is 2.33 bits per heavy atom. The zero-order valence-corrected chi connectivity index (χ0v) is 7.97. The third kappa shape index (κ3) is 2.23. The summed E-state index contributed by atoms with van der Waals surface area (Å²) in [5.74, 6) is 3.02.